The highest BCUT2D eigenvalue weighted by molar-refractivity contribution is 5.72. The molecule has 0 heterocycles. The van der Waals surface area contributed by atoms with Crippen LogP contribution in [0, 0.1) is 0 Å². The van der Waals surface area contributed by atoms with E-state index in [1.165, 1.54) is 0 Å². The number of hydrogen-bond donors (Lipinski definition) is 2. The molecule has 0 radical (unpaired) electrons. The molecule has 1 rings (SSSR count). The maximum atomic E-state index is 11.4. The van der Waals surface area contributed by atoms with E-state index in [9.17, 15) is 9.59 Å². The molecule has 0 aliphatic carbocycles. The summed E-state index contributed by atoms with van der Waals surface area (Å²) < 4.78 is 0. The number of rotatable bonds is 8. The van der Waals surface area contributed by atoms with Crippen molar-refractivity contribution in [3.8, 4) is 0 Å². The number of nitrogens with one attached hydrogen (secondary N) is 1. The third-order valence-corrected chi connectivity index (χ3v) is 3.54. The SMILES string of the molecule is CCCCC(C)(CCCC)Nc1c(N)c(=O)c1=O. The van der Waals surface area contributed by atoms with Gasteiger partial charge in [0.05, 0.1) is 0 Å². The third kappa shape index (κ3) is 3.12. The maximum Gasteiger partial charge on any atom is 0.253 e. The molecule has 4 nitrogen and oxygen atoms in total. The monoisotopic (exact) mass is 252 g/mol. The van der Waals surface area contributed by atoms with Crippen LogP contribution in [0.15, 0.2) is 9.59 Å². The van der Waals surface area contributed by atoms with Gasteiger partial charge in [-0.15, -0.1) is 0 Å². The Kier molecular flexibility index (Phi) is 4.93. The molecule has 18 heavy (non-hydrogen) atoms. The zero-order chi connectivity index (χ0) is 13.8. The van der Waals surface area contributed by atoms with Gasteiger partial charge in [-0.3, -0.25) is 9.59 Å². The summed E-state index contributed by atoms with van der Waals surface area (Å²) in [7, 11) is 0. The van der Waals surface area contributed by atoms with Gasteiger partial charge in [-0.1, -0.05) is 39.5 Å². The van der Waals surface area contributed by atoms with Crippen molar-refractivity contribution in [2.75, 3.05) is 11.1 Å². The fourth-order valence-corrected chi connectivity index (χ4v) is 2.22. The molecule has 0 fully saturated rings. The summed E-state index contributed by atoms with van der Waals surface area (Å²) in [6.07, 6.45) is 6.41. The lowest BCUT2D eigenvalue weighted by Crippen LogP contribution is -2.44. The van der Waals surface area contributed by atoms with E-state index < -0.39 is 10.9 Å². The van der Waals surface area contributed by atoms with Crippen molar-refractivity contribution in [3.63, 3.8) is 0 Å². The number of nitrogens with two attached hydrogens (primary N) is 1. The van der Waals surface area contributed by atoms with Crippen LogP contribution in [0.5, 0.6) is 0 Å². The van der Waals surface area contributed by atoms with E-state index in [4.69, 9.17) is 5.73 Å². The normalized spacial score (nSPS) is 11.9. The first-order valence-corrected chi connectivity index (χ1v) is 6.82. The van der Waals surface area contributed by atoms with E-state index in [-0.39, 0.29) is 11.2 Å². The molecule has 0 atom stereocenters. The van der Waals surface area contributed by atoms with Crippen molar-refractivity contribution in [1.29, 1.82) is 0 Å². The van der Waals surface area contributed by atoms with Crippen LogP contribution in [0.3, 0.4) is 0 Å². The molecule has 1 aromatic carbocycles. The minimum atomic E-state index is -0.550. The molecule has 1 aromatic rings. The van der Waals surface area contributed by atoms with Crippen molar-refractivity contribution in [2.24, 2.45) is 0 Å². The second-order valence-corrected chi connectivity index (χ2v) is 5.34. The van der Waals surface area contributed by atoms with Crippen LogP contribution in [-0.2, 0) is 0 Å². The lowest BCUT2D eigenvalue weighted by atomic mass is 9.88. The summed E-state index contributed by atoms with van der Waals surface area (Å²) in [5.41, 5.74) is 4.84. The first-order valence-electron chi connectivity index (χ1n) is 6.82. The van der Waals surface area contributed by atoms with E-state index in [0.29, 0.717) is 5.69 Å². The average Bonchev–Trinajstić information content (AvgIpc) is 2.39. The van der Waals surface area contributed by atoms with Crippen molar-refractivity contribution >= 4 is 11.4 Å². The van der Waals surface area contributed by atoms with Gasteiger partial charge in [0.1, 0.15) is 11.4 Å². The van der Waals surface area contributed by atoms with Crippen LogP contribution in [0.4, 0.5) is 11.4 Å². The molecule has 0 bridgehead atoms. The summed E-state index contributed by atoms with van der Waals surface area (Å²) >= 11 is 0. The van der Waals surface area contributed by atoms with Crippen LogP contribution in [0.1, 0.15) is 59.3 Å². The molecule has 0 spiro atoms. The van der Waals surface area contributed by atoms with E-state index >= 15 is 0 Å². The Morgan fingerprint density at radius 3 is 1.94 bits per heavy atom. The van der Waals surface area contributed by atoms with Gasteiger partial charge in [0.25, 0.3) is 10.9 Å². The lowest BCUT2D eigenvalue weighted by Gasteiger charge is -2.33. The Balaban J connectivity index is 2.78. The minimum Gasteiger partial charge on any atom is -0.394 e. The molecule has 4 heteroatoms. The highest BCUT2D eigenvalue weighted by Crippen LogP contribution is 2.27. The molecule has 0 saturated heterocycles. The van der Waals surface area contributed by atoms with E-state index in [1.54, 1.807) is 0 Å². The molecule has 3 N–H and O–H groups in total. The highest BCUT2D eigenvalue weighted by Gasteiger charge is 2.28. The molecule has 0 amide bonds. The fourth-order valence-electron chi connectivity index (χ4n) is 2.22. The van der Waals surface area contributed by atoms with Crippen molar-refractivity contribution < 1.29 is 0 Å². The lowest BCUT2D eigenvalue weighted by molar-refractivity contribution is 0.407. The zero-order valence-electron chi connectivity index (χ0n) is 11.6. The molecule has 0 aromatic heterocycles. The van der Waals surface area contributed by atoms with E-state index in [2.05, 4.69) is 26.1 Å². The quantitative estimate of drug-likeness (QED) is 0.697. The zero-order valence-corrected chi connectivity index (χ0v) is 11.6. The molecular weight excluding hydrogens is 228 g/mol. The first-order chi connectivity index (χ1) is 8.45. The van der Waals surface area contributed by atoms with Gasteiger partial charge >= 0.3 is 0 Å². The summed E-state index contributed by atoms with van der Waals surface area (Å²) in [6.45, 7) is 6.40. The molecular formula is C14H24N2O2. The predicted octanol–water partition coefficient (Wildman–Crippen LogP) is 2.42. The van der Waals surface area contributed by atoms with Gasteiger partial charge < -0.3 is 11.1 Å². The third-order valence-electron chi connectivity index (χ3n) is 3.54. The maximum absolute atomic E-state index is 11.4. The van der Waals surface area contributed by atoms with Gasteiger partial charge in [0, 0.05) is 5.54 Å². The number of hydrogen-bond acceptors (Lipinski definition) is 4. The Morgan fingerprint density at radius 1 is 1.06 bits per heavy atom. The van der Waals surface area contributed by atoms with Crippen LogP contribution >= 0.6 is 0 Å². The van der Waals surface area contributed by atoms with Crippen LogP contribution in [-0.4, -0.2) is 5.54 Å². The fraction of sp³-hybridized carbons (Fsp3) is 0.714. The number of anilines is 2. The molecule has 0 aliphatic rings. The number of unbranched alkanes of at least 4 members (excludes halogenated alkanes) is 2. The highest BCUT2D eigenvalue weighted by atomic mass is 16.2. The Morgan fingerprint density at radius 2 is 1.56 bits per heavy atom. The Labute approximate surface area is 108 Å². The standard InChI is InChI=1S/C14H24N2O2/c1-4-6-8-14(3,9-7-5-2)16-11-10(15)12(17)13(11)18/h16H,4-9,15H2,1-3H3. The van der Waals surface area contributed by atoms with Gasteiger partial charge in [0.15, 0.2) is 0 Å². The van der Waals surface area contributed by atoms with Gasteiger partial charge in [-0.25, -0.2) is 0 Å². The minimum absolute atomic E-state index is 0.0965. The molecule has 0 saturated carbocycles. The van der Waals surface area contributed by atoms with Gasteiger partial charge in [-0.2, -0.15) is 0 Å². The van der Waals surface area contributed by atoms with Crippen molar-refractivity contribution in [1.82, 2.24) is 0 Å². The van der Waals surface area contributed by atoms with Gasteiger partial charge in [0.2, 0.25) is 0 Å². The van der Waals surface area contributed by atoms with Crippen LogP contribution < -0.4 is 21.9 Å². The molecule has 0 unspecified atom stereocenters. The van der Waals surface area contributed by atoms with E-state index in [0.717, 1.165) is 38.5 Å². The summed E-state index contributed by atoms with van der Waals surface area (Å²) in [5.74, 6) is 0. The summed E-state index contributed by atoms with van der Waals surface area (Å²) in [5, 5.41) is 3.21. The first kappa shape index (κ1) is 14.7. The number of nitrogen functional groups attached to an aromatic ring is 1. The van der Waals surface area contributed by atoms with Crippen molar-refractivity contribution in [2.45, 2.75) is 64.8 Å². The molecule has 0 aliphatic heterocycles. The second-order valence-electron chi connectivity index (χ2n) is 5.34. The Bertz CT molecular complexity index is 450. The van der Waals surface area contributed by atoms with Gasteiger partial charge in [-0.05, 0) is 19.8 Å². The summed E-state index contributed by atoms with van der Waals surface area (Å²) in [4.78, 5) is 22.6. The summed E-state index contributed by atoms with van der Waals surface area (Å²) in [6, 6.07) is 0. The smallest absolute Gasteiger partial charge is 0.253 e. The van der Waals surface area contributed by atoms with Crippen molar-refractivity contribution in [3.05, 3.63) is 20.4 Å². The predicted molar refractivity (Wildman–Crippen MR) is 76.8 cm³/mol. The van der Waals surface area contributed by atoms with Crippen LogP contribution in [0.25, 0.3) is 0 Å². The van der Waals surface area contributed by atoms with Crippen LogP contribution in [0.2, 0.25) is 0 Å². The molecule has 102 valence electrons. The Hall–Kier alpha value is -1.32. The largest absolute Gasteiger partial charge is 0.394 e. The van der Waals surface area contributed by atoms with E-state index in [1.807, 2.05) is 0 Å². The second kappa shape index (κ2) is 6.03. The topological polar surface area (TPSA) is 72.2 Å². The average molecular weight is 252 g/mol.